The topological polar surface area (TPSA) is 66.3 Å². The number of pyridine rings is 1. The van der Waals surface area contributed by atoms with Crippen LogP contribution in [0.4, 0.5) is 4.79 Å². The molecule has 1 fully saturated rings. The highest BCUT2D eigenvalue weighted by Crippen LogP contribution is 2.07. The molecule has 23 heavy (non-hydrogen) atoms. The molecule has 0 atom stereocenters. The molecule has 3 rings (SSSR count). The van der Waals surface area contributed by atoms with Gasteiger partial charge in [0.05, 0.1) is 17.9 Å². The molecule has 3 heterocycles. The predicted octanol–water partition coefficient (Wildman–Crippen LogP) is 0.842. The summed E-state index contributed by atoms with van der Waals surface area (Å²) in [5.41, 5.74) is 2.06. The van der Waals surface area contributed by atoms with Crippen molar-refractivity contribution in [2.75, 3.05) is 26.2 Å². The second-order valence-corrected chi connectivity index (χ2v) is 5.69. The van der Waals surface area contributed by atoms with Gasteiger partial charge in [0.25, 0.3) is 0 Å². The largest absolute Gasteiger partial charge is 0.332 e. The first-order chi connectivity index (χ1) is 11.2. The number of carbonyl (C=O) groups excluding carboxylic acids is 1. The summed E-state index contributed by atoms with van der Waals surface area (Å²) in [5, 5.41) is 7.05. The number of piperazine rings is 1. The van der Waals surface area contributed by atoms with Gasteiger partial charge in [0.1, 0.15) is 0 Å². The second kappa shape index (κ2) is 7.23. The van der Waals surface area contributed by atoms with Crippen LogP contribution in [0.2, 0.25) is 0 Å². The van der Waals surface area contributed by atoms with Crippen LogP contribution in [0, 0.1) is 0 Å². The number of hydrogen-bond donors (Lipinski definition) is 1. The molecule has 2 aromatic rings. The highest BCUT2D eigenvalue weighted by molar-refractivity contribution is 5.74. The minimum atomic E-state index is -0.0105. The number of rotatable bonds is 4. The summed E-state index contributed by atoms with van der Waals surface area (Å²) in [7, 11) is 1.87. The van der Waals surface area contributed by atoms with Crippen LogP contribution in [0.5, 0.6) is 0 Å². The predicted molar refractivity (Wildman–Crippen MR) is 86.5 cm³/mol. The van der Waals surface area contributed by atoms with Crippen molar-refractivity contribution in [3.63, 3.8) is 0 Å². The zero-order valence-corrected chi connectivity index (χ0v) is 13.4. The standard InChI is InChI=1S/C16H22N6O/c1-20-15(5-7-19-20)12-18-16(23)22-10-8-21(9-11-22)13-14-4-2-3-6-17-14/h2-7H,8-13H2,1H3,(H,18,23). The number of aryl methyl sites for hydroxylation is 1. The van der Waals surface area contributed by atoms with Gasteiger partial charge in [-0.05, 0) is 18.2 Å². The fourth-order valence-corrected chi connectivity index (χ4v) is 2.68. The Morgan fingerprint density at radius 3 is 2.65 bits per heavy atom. The molecule has 1 aliphatic heterocycles. The Kier molecular flexibility index (Phi) is 4.87. The van der Waals surface area contributed by atoms with Crippen LogP contribution in [0.15, 0.2) is 36.7 Å². The third kappa shape index (κ3) is 4.07. The van der Waals surface area contributed by atoms with Gasteiger partial charge < -0.3 is 10.2 Å². The summed E-state index contributed by atoms with van der Waals surface area (Å²) in [6.07, 6.45) is 3.55. The van der Waals surface area contributed by atoms with Crippen molar-refractivity contribution in [1.29, 1.82) is 0 Å². The first kappa shape index (κ1) is 15.5. The molecule has 0 unspecified atom stereocenters. The van der Waals surface area contributed by atoms with Gasteiger partial charge in [0.2, 0.25) is 0 Å². The lowest BCUT2D eigenvalue weighted by molar-refractivity contribution is 0.134. The van der Waals surface area contributed by atoms with E-state index >= 15 is 0 Å². The zero-order valence-electron chi connectivity index (χ0n) is 13.4. The lowest BCUT2D eigenvalue weighted by Gasteiger charge is -2.34. The summed E-state index contributed by atoms with van der Waals surface area (Å²) in [4.78, 5) is 20.8. The second-order valence-electron chi connectivity index (χ2n) is 5.69. The van der Waals surface area contributed by atoms with Crippen LogP contribution in [0.3, 0.4) is 0 Å². The summed E-state index contributed by atoms with van der Waals surface area (Å²) in [6.45, 7) is 4.56. The fraction of sp³-hybridized carbons (Fsp3) is 0.438. The quantitative estimate of drug-likeness (QED) is 0.908. The van der Waals surface area contributed by atoms with E-state index in [1.54, 1.807) is 10.9 Å². The first-order valence-electron chi connectivity index (χ1n) is 7.84. The molecule has 1 N–H and O–H groups in total. The maximum Gasteiger partial charge on any atom is 0.317 e. The minimum absolute atomic E-state index is 0.0105. The zero-order chi connectivity index (χ0) is 16.1. The Hall–Kier alpha value is -2.41. The van der Waals surface area contributed by atoms with Crippen molar-refractivity contribution in [1.82, 2.24) is 29.9 Å². The molecule has 0 aromatic carbocycles. The van der Waals surface area contributed by atoms with Gasteiger partial charge in [0.15, 0.2) is 0 Å². The summed E-state index contributed by atoms with van der Waals surface area (Å²) in [5.74, 6) is 0. The lowest BCUT2D eigenvalue weighted by Crippen LogP contribution is -2.51. The molecular weight excluding hydrogens is 292 g/mol. The molecule has 0 aliphatic carbocycles. The van der Waals surface area contributed by atoms with Gasteiger partial charge in [-0.15, -0.1) is 0 Å². The molecule has 1 saturated heterocycles. The molecule has 0 saturated carbocycles. The number of aromatic nitrogens is 3. The highest BCUT2D eigenvalue weighted by atomic mass is 16.2. The average Bonchev–Trinajstić information content (AvgIpc) is 2.99. The van der Waals surface area contributed by atoms with Crippen LogP contribution in [0.1, 0.15) is 11.4 Å². The molecule has 0 spiro atoms. The third-order valence-corrected chi connectivity index (χ3v) is 4.11. The monoisotopic (exact) mass is 314 g/mol. The van der Waals surface area contributed by atoms with Crippen molar-refractivity contribution >= 4 is 6.03 Å². The SMILES string of the molecule is Cn1nccc1CNC(=O)N1CCN(Cc2ccccn2)CC1. The Labute approximate surface area is 135 Å². The Bertz CT molecular complexity index is 633. The molecule has 0 bridgehead atoms. The average molecular weight is 314 g/mol. The van der Waals surface area contributed by atoms with E-state index in [0.29, 0.717) is 6.54 Å². The van der Waals surface area contributed by atoms with Gasteiger partial charge in [-0.3, -0.25) is 14.6 Å². The summed E-state index contributed by atoms with van der Waals surface area (Å²) in [6, 6.07) is 7.86. The third-order valence-electron chi connectivity index (χ3n) is 4.11. The number of amides is 2. The van der Waals surface area contributed by atoms with Crippen LogP contribution in [-0.2, 0) is 20.1 Å². The van der Waals surface area contributed by atoms with Crippen LogP contribution >= 0.6 is 0 Å². The van der Waals surface area contributed by atoms with Crippen molar-refractivity contribution < 1.29 is 4.79 Å². The number of nitrogens with one attached hydrogen (secondary N) is 1. The van der Waals surface area contributed by atoms with Crippen molar-refractivity contribution in [2.24, 2.45) is 7.05 Å². The van der Waals surface area contributed by atoms with Crippen LogP contribution in [0.25, 0.3) is 0 Å². The number of carbonyl (C=O) groups is 1. The van der Waals surface area contributed by atoms with Crippen LogP contribution < -0.4 is 5.32 Å². The van der Waals surface area contributed by atoms with E-state index in [4.69, 9.17) is 0 Å². The normalized spacial score (nSPS) is 15.6. The molecular formula is C16H22N6O. The minimum Gasteiger partial charge on any atom is -0.332 e. The molecule has 7 nitrogen and oxygen atoms in total. The first-order valence-corrected chi connectivity index (χ1v) is 7.84. The number of urea groups is 1. The number of hydrogen-bond acceptors (Lipinski definition) is 4. The van der Waals surface area contributed by atoms with Crippen molar-refractivity contribution in [2.45, 2.75) is 13.1 Å². The van der Waals surface area contributed by atoms with E-state index in [1.807, 2.05) is 42.4 Å². The van der Waals surface area contributed by atoms with Gasteiger partial charge in [-0.2, -0.15) is 5.10 Å². The highest BCUT2D eigenvalue weighted by Gasteiger charge is 2.21. The fourth-order valence-electron chi connectivity index (χ4n) is 2.68. The smallest absolute Gasteiger partial charge is 0.317 e. The Balaban J connectivity index is 1.43. The van der Waals surface area contributed by atoms with Gasteiger partial charge in [-0.25, -0.2) is 4.79 Å². The van der Waals surface area contributed by atoms with Gasteiger partial charge in [-0.1, -0.05) is 6.07 Å². The molecule has 2 amide bonds. The number of nitrogens with zero attached hydrogens (tertiary/aromatic N) is 5. The van der Waals surface area contributed by atoms with E-state index < -0.39 is 0 Å². The molecule has 2 aromatic heterocycles. The van der Waals surface area contributed by atoms with E-state index in [-0.39, 0.29) is 6.03 Å². The maximum absolute atomic E-state index is 12.2. The summed E-state index contributed by atoms with van der Waals surface area (Å²) < 4.78 is 1.77. The molecule has 7 heteroatoms. The van der Waals surface area contributed by atoms with E-state index in [0.717, 1.165) is 44.1 Å². The molecule has 1 aliphatic rings. The van der Waals surface area contributed by atoms with Gasteiger partial charge in [0, 0.05) is 52.2 Å². The van der Waals surface area contributed by atoms with Crippen molar-refractivity contribution in [3.05, 3.63) is 48.0 Å². The van der Waals surface area contributed by atoms with E-state index in [9.17, 15) is 4.79 Å². The maximum atomic E-state index is 12.2. The van der Waals surface area contributed by atoms with Crippen LogP contribution in [-0.4, -0.2) is 56.8 Å². The molecule has 122 valence electrons. The Morgan fingerprint density at radius 1 is 1.17 bits per heavy atom. The lowest BCUT2D eigenvalue weighted by atomic mass is 10.3. The Morgan fingerprint density at radius 2 is 2.00 bits per heavy atom. The van der Waals surface area contributed by atoms with E-state index in [1.165, 1.54) is 0 Å². The molecule has 0 radical (unpaired) electrons. The van der Waals surface area contributed by atoms with Gasteiger partial charge >= 0.3 is 6.03 Å². The van der Waals surface area contributed by atoms with Crippen molar-refractivity contribution in [3.8, 4) is 0 Å². The van der Waals surface area contributed by atoms with E-state index in [2.05, 4.69) is 20.3 Å². The summed E-state index contributed by atoms with van der Waals surface area (Å²) >= 11 is 0.